The molecule has 2 rings (SSSR count). The summed E-state index contributed by atoms with van der Waals surface area (Å²) >= 11 is 3.45. The second kappa shape index (κ2) is 8.20. The zero-order chi connectivity index (χ0) is 17.7. The first-order valence-corrected chi connectivity index (χ1v) is 8.67. The lowest BCUT2D eigenvalue weighted by molar-refractivity contribution is 0.234. The van der Waals surface area contributed by atoms with Gasteiger partial charge in [-0.25, -0.2) is 4.79 Å². The first kappa shape index (κ1) is 18.3. The summed E-state index contributed by atoms with van der Waals surface area (Å²) in [6, 6.07) is 13.4. The summed E-state index contributed by atoms with van der Waals surface area (Å²) in [6.45, 7) is 5.92. The number of carbonyl (C=O) groups is 1. The molecular weight excluding hydrogens is 368 g/mol. The average Bonchev–Trinajstić information content (AvgIpc) is 2.54. The van der Waals surface area contributed by atoms with Crippen molar-refractivity contribution in [2.75, 3.05) is 7.11 Å². The first-order chi connectivity index (χ1) is 11.4. The van der Waals surface area contributed by atoms with Crippen molar-refractivity contribution in [2.45, 2.75) is 32.9 Å². The third-order valence-electron chi connectivity index (χ3n) is 3.90. The Morgan fingerprint density at radius 2 is 1.79 bits per heavy atom. The molecule has 2 amide bonds. The van der Waals surface area contributed by atoms with E-state index in [1.807, 2.05) is 63.2 Å². The Morgan fingerprint density at radius 1 is 1.08 bits per heavy atom. The fourth-order valence-corrected chi connectivity index (χ4v) is 2.98. The molecule has 0 aliphatic carbocycles. The van der Waals surface area contributed by atoms with E-state index in [9.17, 15) is 4.79 Å². The van der Waals surface area contributed by atoms with E-state index in [0.29, 0.717) is 0 Å². The van der Waals surface area contributed by atoms with Gasteiger partial charge in [0, 0.05) is 10.0 Å². The zero-order valence-corrected chi connectivity index (χ0v) is 16.0. The summed E-state index contributed by atoms with van der Waals surface area (Å²) in [5.41, 5.74) is 3.13. The maximum atomic E-state index is 12.3. The third-order valence-corrected chi connectivity index (χ3v) is 4.39. The number of halogens is 1. The molecule has 0 aliphatic heterocycles. The van der Waals surface area contributed by atoms with Crippen LogP contribution in [0.15, 0.2) is 46.9 Å². The highest BCUT2D eigenvalue weighted by Crippen LogP contribution is 2.26. The van der Waals surface area contributed by atoms with E-state index >= 15 is 0 Å². The number of hydrogen-bond donors (Lipinski definition) is 2. The van der Waals surface area contributed by atoms with Crippen LogP contribution in [0, 0.1) is 6.92 Å². The summed E-state index contributed by atoms with van der Waals surface area (Å²) in [4.78, 5) is 12.3. The van der Waals surface area contributed by atoms with Gasteiger partial charge >= 0.3 is 6.03 Å². The molecule has 0 fully saturated rings. The number of ether oxygens (including phenoxy) is 1. The minimum absolute atomic E-state index is 0.0888. The van der Waals surface area contributed by atoms with E-state index in [4.69, 9.17) is 4.74 Å². The zero-order valence-electron chi connectivity index (χ0n) is 14.4. The Bertz CT molecular complexity index is 718. The summed E-state index contributed by atoms with van der Waals surface area (Å²) in [5.74, 6) is 0.772. The van der Waals surface area contributed by atoms with Crippen LogP contribution in [0.2, 0.25) is 0 Å². The lowest BCUT2D eigenvalue weighted by Gasteiger charge is -2.20. The van der Waals surface area contributed by atoms with Crippen LogP contribution in [0.5, 0.6) is 5.75 Å². The molecule has 2 aromatic carbocycles. The number of benzene rings is 2. The number of carbonyl (C=O) groups excluding carboxylic acids is 1. The van der Waals surface area contributed by atoms with E-state index in [1.165, 1.54) is 0 Å². The molecule has 0 heterocycles. The molecule has 0 radical (unpaired) electrons. The number of rotatable bonds is 5. The first-order valence-electron chi connectivity index (χ1n) is 7.87. The number of urea groups is 1. The van der Waals surface area contributed by atoms with Gasteiger partial charge < -0.3 is 15.4 Å². The maximum Gasteiger partial charge on any atom is 0.315 e. The molecular formula is C19H23BrN2O2. The smallest absolute Gasteiger partial charge is 0.315 e. The predicted octanol–water partition coefficient (Wildman–Crippen LogP) is 4.89. The van der Waals surface area contributed by atoms with Crippen LogP contribution in [0.4, 0.5) is 4.79 Å². The van der Waals surface area contributed by atoms with E-state index in [0.717, 1.165) is 26.9 Å². The quantitative estimate of drug-likeness (QED) is 0.763. The van der Waals surface area contributed by atoms with Crippen LogP contribution in [-0.2, 0) is 0 Å². The molecule has 2 N–H and O–H groups in total. The Morgan fingerprint density at radius 3 is 2.46 bits per heavy atom. The second-order valence-corrected chi connectivity index (χ2v) is 6.78. The Kier molecular flexibility index (Phi) is 6.26. The van der Waals surface area contributed by atoms with Crippen molar-refractivity contribution >= 4 is 22.0 Å². The van der Waals surface area contributed by atoms with Crippen LogP contribution in [-0.4, -0.2) is 13.1 Å². The molecule has 0 spiro atoms. The van der Waals surface area contributed by atoms with E-state index in [-0.39, 0.29) is 18.1 Å². The van der Waals surface area contributed by atoms with Crippen molar-refractivity contribution in [1.82, 2.24) is 10.6 Å². The summed E-state index contributed by atoms with van der Waals surface area (Å²) in [7, 11) is 1.64. The predicted molar refractivity (Wildman–Crippen MR) is 100 cm³/mol. The van der Waals surface area contributed by atoms with Crippen molar-refractivity contribution in [3.8, 4) is 5.75 Å². The van der Waals surface area contributed by atoms with Crippen LogP contribution in [0.3, 0.4) is 0 Å². The van der Waals surface area contributed by atoms with Gasteiger partial charge in [0.1, 0.15) is 5.75 Å². The molecule has 0 aromatic heterocycles. The van der Waals surface area contributed by atoms with Gasteiger partial charge in [-0.2, -0.15) is 0 Å². The van der Waals surface area contributed by atoms with Gasteiger partial charge in [0.15, 0.2) is 0 Å². The number of amides is 2. The number of hydrogen-bond acceptors (Lipinski definition) is 2. The molecule has 0 aliphatic rings. The molecule has 5 heteroatoms. The minimum Gasteiger partial charge on any atom is -0.496 e. The summed E-state index contributed by atoms with van der Waals surface area (Å²) in [6.07, 6.45) is 0. The van der Waals surface area contributed by atoms with E-state index < -0.39 is 0 Å². The summed E-state index contributed by atoms with van der Waals surface area (Å²) < 4.78 is 6.38. The number of aryl methyl sites for hydroxylation is 1. The second-order valence-electron chi connectivity index (χ2n) is 5.86. The van der Waals surface area contributed by atoms with Crippen LogP contribution in [0.1, 0.15) is 42.6 Å². The average molecular weight is 391 g/mol. The van der Waals surface area contributed by atoms with Crippen LogP contribution in [0.25, 0.3) is 0 Å². The van der Waals surface area contributed by atoms with Crippen LogP contribution >= 0.6 is 15.9 Å². The Labute approximate surface area is 151 Å². The van der Waals surface area contributed by atoms with Crippen molar-refractivity contribution in [1.29, 1.82) is 0 Å². The van der Waals surface area contributed by atoms with Crippen molar-refractivity contribution in [3.05, 3.63) is 63.6 Å². The van der Waals surface area contributed by atoms with Gasteiger partial charge in [-0.1, -0.05) is 45.8 Å². The van der Waals surface area contributed by atoms with Gasteiger partial charge in [0.05, 0.1) is 19.2 Å². The molecule has 4 nitrogen and oxygen atoms in total. The Balaban J connectivity index is 2.03. The highest BCUT2D eigenvalue weighted by atomic mass is 79.9. The van der Waals surface area contributed by atoms with Gasteiger partial charge in [0.2, 0.25) is 0 Å². The van der Waals surface area contributed by atoms with Gasteiger partial charge in [-0.15, -0.1) is 0 Å². The largest absolute Gasteiger partial charge is 0.496 e. The standard InChI is InChI=1S/C19H23BrN2O2/c1-12-8-9-18(24-4)17(10-12)14(3)22-19(23)21-13(2)15-6-5-7-16(20)11-15/h5-11,13-14H,1-4H3,(H2,21,22,23). The van der Waals surface area contributed by atoms with Gasteiger partial charge in [-0.05, 0) is 44.5 Å². The molecule has 2 aromatic rings. The maximum absolute atomic E-state index is 12.3. The van der Waals surface area contributed by atoms with Crippen molar-refractivity contribution in [2.24, 2.45) is 0 Å². The van der Waals surface area contributed by atoms with E-state index in [2.05, 4.69) is 26.6 Å². The fourth-order valence-electron chi connectivity index (χ4n) is 2.56. The molecule has 24 heavy (non-hydrogen) atoms. The molecule has 2 atom stereocenters. The normalized spacial score (nSPS) is 13.0. The fraction of sp³-hybridized carbons (Fsp3) is 0.316. The minimum atomic E-state index is -0.210. The molecule has 0 saturated heterocycles. The monoisotopic (exact) mass is 390 g/mol. The molecule has 128 valence electrons. The highest BCUT2D eigenvalue weighted by molar-refractivity contribution is 9.10. The number of methoxy groups -OCH3 is 1. The molecule has 0 bridgehead atoms. The molecule has 0 saturated carbocycles. The van der Waals surface area contributed by atoms with Crippen LogP contribution < -0.4 is 15.4 Å². The highest BCUT2D eigenvalue weighted by Gasteiger charge is 2.16. The van der Waals surface area contributed by atoms with E-state index in [1.54, 1.807) is 7.11 Å². The Hall–Kier alpha value is -2.01. The van der Waals surface area contributed by atoms with Gasteiger partial charge in [0.25, 0.3) is 0 Å². The molecule has 2 unspecified atom stereocenters. The topological polar surface area (TPSA) is 50.4 Å². The van der Waals surface area contributed by atoms with Gasteiger partial charge in [-0.3, -0.25) is 0 Å². The van der Waals surface area contributed by atoms with Crippen molar-refractivity contribution in [3.63, 3.8) is 0 Å². The third kappa shape index (κ3) is 4.74. The lowest BCUT2D eigenvalue weighted by Crippen LogP contribution is -2.38. The summed E-state index contributed by atoms with van der Waals surface area (Å²) in [5, 5.41) is 5.94. The lowest BCUT2D eigenvalue weighted by atomic mass is 10.0. The number of nitrogens with one attached hydrogen (secondary N) is 2. The van der Waals surface area contributed by atoms with Crippen molar-refractivity contribution < 1.29 is 9.53 Å². The SMILES string of the molecule is COc1ccc(C)cc1C(C)NC(=O)NC(C)c1cccc(Br)c1.